The minimum Gasteiger partial charge on any atom is -0.449 e. The van der Waals surface area contributed by atoms with Gasteiger partial charge in [-0.2, -0.15) is 0 Å². The van der Waals surface area contributed by atoms with Crippen LogP contribution in [-0.4, -0.2) is 19.2 Å². The molecule has 0 radical (unpaired) electrons. The van der Waals surface area contributed by atoms with E-state index in [9.17, 15) is 9.18 Å². The van der Waals surface area contributed by atoms with Crippen molar-refractivity contribution in [3.05, 3.63) is 95.3 Å². The monoisotopic (exact) mass is 402 g/mol. The van der Waals surface area contributed by atoms with E-state index < -0.39 is 6.09 Å². The first-order chi connectivity index (χ1) is 14.6. The van der Waals surface area contributed by atoms with E-state index in [1.165, 1.54) is 34.4 Å². The minimum atomic E-state index is -0.458. The van der Waals surface area contributed by atoms with Crippen LogP contribution < -0.4 is 11.1 Å². The van der Waals surface area contributed by atoms with E-state index in [-0.39, 0.29) is 18.3 Å². The lowest BCUT2D eigenvalue weighted by Gasteiger charge is -2.14. The molecule has 0 aromatic heterocycles. The number of ether oxygens (including phenoxy) is 1. The summed E-state index contributed by atoms with van der Waals surface area (Å²) in [6, 6.07) is 20.9. The van der Waals surface area contributed by atoms with Crippen molar-refractivity contribution in [3.8, 4) is 11.1 Å². The van der Waals surface area contributed by atoms with Crippen molar-refractivity contribution in [3.63, 3.8) is 0 Å². The average molecular weight is 402 g/mol. The smallest absolute Gasteiger partial charge is 0.407 e. The molecular formula is C25H23FN2O2. The molecule has 3 N–H and O–H groups in total. The largest absolute Gasteiger partial charge is 0.449 e. The van der Waals surface area contributed by atoms with Crippen LogP contribution in [0.25, 0.3) is 17.2 Å². The number of hydrogen-bond acceptors (Lipinski definition) is 3. The number of nitrogen functional groups attached to an aromatic ring is 1. The molecule has 0 fully saturated rings. The Morgan fingerprint density at radius 3 is 2.40 bits per heavy atom. The third-order valence-corrected chi connectivity index (χ3v) is 5.24. The molecular weight excluding hydrogens is 379 g/mol. The van der Waals surface area contributed by atoms with Gasteiger partial charge in [-0.25, -0.2) is 9.18 Å². The molecule has 152 valence electrons. The molecule has 1 aliphatic carbocycles. The molecule has 1 amide bonds. The van der Waals surface area contributed by atoms with Gasteiger partial charge in [0.1, 0.15) is 12.4 Å². The van der Waals surface area contributed by atoms with Crippen molar-refractivity contribution in [2.24, 2.45) is 0 Å². The fourth-order valence-electron chi connectivity index (χ4n) is 3.81. The van der Waals surface area contributed by atoms with Gasteiger partial charge in [-0.1, -0.05) is 60.7 Å². The number of halogens is 1. The van der Waals surface area contributed by atoms with Crippen molar-refractivity contribution in [1.29, 1.82) is 0 Å². The summed E-state index contributed by atoms with van der Waals surface area (Å²) < 4.78 is 19.2. The number of anilines is 1. The van der Waals surface area contributed by atoms with Crippen molar-refractivity contribution < 1.29 is 13.9 Å². The number of alkyl carbamates (subject to hydrolysis) is 1. The Hall–Kier alpha value is -3.60. The number of benzene rings is 3. The lowest BCUT2D eigenvalue weighted by molar-refractivity contribution is 0.143. The summed E-state index contributed by atoms with van der Waals surface area (Å²) in [4.78, 5) is 12.1. The Kier molecular flexibility index (Phi) is 5.80. The van der Waals surface area contributed by atoms with E-state index in [0.717, 1.165) is 0 Å². The van der Waals surface area contributed by atoms with Crippen molar-refractivity contribution in [2.45, 2.75) is 12.3 Å². The quantitative estimate of drug-likeness (QED) is 0.431. The summed E-state index contributed by atoms with van der Waals surface area (Å²) >= 11 is 0. The van der Waals surface area contributed by atoms with E-state index in [0.29, 0.717) is 24.2 Å². The first kappa shape index (κ1) is 19.7. The second-order valence-electron chi connectivity index (χ2n) is 7.22. The van der Waals surface area contributed by atoms with Gasteiger partial charge in [-0.3, -0.25) is 0 Å². The molecule has 0 saturated carbocycles. The van der Waals surface area contributed by atoms with E-state index in [2.05, 4.69) is 29.6 Å². The van der Waals surface area contributed by atoms with Crippen molar-refractivity contribution in [1.82, 2.24) is 5.32 Å². The van der Waals surface area contributed by atoms with Crippen LogP contribution in [0.4, 0.5) is 14.9 Å². The summed E-state index contributed by atoms with van der Waals surface area (Å²) in [5, 5.41) is 2.74. The summed E-state index contributed by atoms with van der Waals surface area (Å²) in [5.74, 6) is -0.292. The zero-order chi connectivity index (χ0) is 20.9. The second-order valence-corrected chi connectivity index (χ2v) is 7.22. The molecule has 0 atom stereocenters. The van der Waals surface area contributed by atoms with E-state index >= 15 is 0 Å². The molecule has 4 rings (SSSR count). The molecule has 1 aliphatic rings. The van der Waals surface area contributed by atoms with Gasteiger partial charge in [-0.05, 0) is 46.9 Å². The van der Waals surface area contributed by atoms with Gasteiger partial charge in [-0.15, -0.1) is 0 Å². The fourth-order valence-corrected chi connectivity index (χ4v) is 3.81. The highest BCUT2D eigenvalue weighted by Gasteiger charge is 2.28. The molecule has 0 heterocycles. The number of nitrogens with one attached hydrogen (secondary N) is 1. The Morgan fingerprint density at radius 2 is 1.70 bits per heavy atom. The second kappa shape index (κ2) is 8.82. The first-order valence-electron chi connectivity index (χ1n) is 9.94. The first-order valence-corrected chi connectivity index (χ1v) is 9.94. The van der Waals surface area contributed by atoms with Gasteiger partial charge < -0.3 is 15.8 Å². The SMILES string of the molecule is Nc1ccc(F)c(C=CCCNC(=O)OCC2c3ccccc3-c3ccccc32)c1. The van der Waals surface area contributed by atoms with Gasteiger partial charge >= 0.3 is 6.09 Å². The molecule has 30 heavy (non-hydrogen) atoms. The highest BCUT2D eigenvalue weighted by atomic mass is 19.1. The Bertz CT molecular complexity index is 1050. The number of fused-ring (bicyclic) bond motifs is 3. The van der Waals surface area contributed by atoms with Crippen molar-refractivity contribution >= 4 is 17.9 Å². The highest BCUT2D eigenvalue weighted by Crippen LogP contribution is 2.44. The third kappa shape index (κ3) is 4.20. The molecule has 0 saturated heterocycles. The van der Waals surface area contributed by atoms with Crippen LogP contribution >= 0.6 is 0 Å². The maximum Gasteiger partial charge on any atom is 0.407 e. The molecule has 3 aromatic rings. The number of rotatable bonds is 6. The Balaban J connectivity index is 1.28. The lowest BCUT2D eigenvalue weighted by Crippen LogP contribution is -2.26. The van der Waals surface area contributed by atoms with Crippen LogP contribution in [0.5, 0.6) is 0 Å². The van der Waals surface area contributed by atoms with E-state index in [1.807, 2.05) is 24.3 Å². The van der Waals surface area contributed by atoms with Crippen LogP contribution in [0.15, 0.2) is 72.8 Å². The summed E-state index contributed by atoms with van der Waals surface area (Å²) in [6.07, 6.45) is 3.55. The number of amides is 1. The lowest BCUT2D eigenvalue weighted by atomic mass is 9.98. The average Bonchev–Trinajstić information content (AvgIpc) is 3.08. The summed E-state index contributed by atoms with van der Waals surface area (Å²) in [7, 11) is 0. The van der Waals surface area contributed by atoms with Crippen LogP contribution in [0, 0.1) is 5.82 Å². The van der Waals surface area contributed by atoms with Gasteiger partial charge in [0.2, 0.25) is 0 Å². The van der Waals surface area contributed by atoms with Crippen LogP contribution in [-0.2, 0) is 4.74 Å². The molecule has 0 spiro atoms. The summed E-state index contributed by atoms with van der Waals surface area (Å²) in [6.45, 7) is 0.682. The zero-order valence-corrected chi connectivity index (χ0v) is 16.5. The third-order valence-electron chi connectivity index (χ3n) is 5.24. The molecule has 4 nitrogen and oxygen atoms in total. The number of hydrogen-bond donors (Lipinski definition) is 2. The van der Waals surface area contributed by atoms with Crippen LogP contribution in [0.1, 0.15) is 29.0 Å². The molecule has 3 aromatic carbocycles. The molecule has 0 bridgehead atoms. The normalized spacial score (nSPS) is 12.6. The topological polar surface area (TPSA) is 64.3 Å². The predicted octanol–water partition coefficient (Wildman–Crippen LogP) is 5.35. The minimum absolute atomic E-state index is 0.0366. The van der Waals surface area contributed by atoms with Gasteiger partial charge in [0, 0.05) is 23.7 Å². The Labute approximate surface area is 175 Å². The van der Waals surface area contributed by atoms with Gasteiger partial charge in [0.15, 0.2) is 0 Å². The van der Waals surface area contributed by atoms with Gasteiger partial charge in [0.25, 0.3) is 0 Å². The van der Waals surface area contributed by atoms with Crippen LogP contribution in [0.2, 0.25) is 0 Å². The highest BCUT2D eigenvalue weighted by molar-refractivity contribution is 5.79. The van der Waals surface area contributed by atoms with E-state index in [1.54, 1.807) is 18.2 Å². The maximum absolute atomic E-state index is 13.7. The zero-order valence-electron chi connectivity index (χ0n) is 16.5. The number of carbonyl (C=O) groups is 1. The van der Waals surface area contributed by atoms with E-state index in [4.69, 9.17) is 10.5 Å². The van der Waals surface area contributed by atoms with Crippen molar-refractivity contribution in [2.75, 3.05) is 18.9 Å². The number of carbonyl (C=O) groups excluding carboxylic acids is 1. The molecule has 0 aliphatic heterocycles. The number of nitrogens with two attached hydrogens (primary N) is 1. The standard InChI is InChI=1S/C25H23FN2O2/c26-24-13-12-18(27)15-17(24)7-5-6-14-28-25(29)30-16-23-21-10-3-1-8-19(21)20-9-2-4-11-22(20)23/h1-5,7-13,15,23H,6,14,16,27H2,(H,28,29). The molecule has 5 heteroatoms. The maximum atomic E-state index is 13.7. The van der Waals surface area contributed by atoms with Gasteiger partial charge in [0.05, 0.1) is 0 Å². The fraction of sp³-hybridized carbons (Fsp3) is 0.160. The molecule has 0 unspecified atom stereocenters. The predicted molar refractivity (Wildman–Crippen MR) is 118 cm³/mol. The summed E-state index contributed by atoms with van der Waals surface area (Å²) in [5.41, 5.74) is 11.4. The Morgan fingerprint density at radius 1 is 1.03 bits per heavy atom. The van der Waals surface area contributed by atoms with Crippen LogP contribution in [0.3, 0.4) is 0 Å².